The fourth-order valence-electron chi connectivity index (χ4n) is 2.61. The van der Waals surface area contributed by atoms with Crippen molar-refractivity contribution in [1.82, 2.24) is 9.55 Å². The number of thioether (sulfide) groups is 1. The van der Waals surface area contributed by atoms with Crippen LogP contribution in [-0.2, 0) is 11.3 Å². The lowest BCUT2D eigenvalue weighted by Crippen LogP contribution is -2.24. The summed E-state index contributed by atoms with van der Waals surface area (Å²) in [4.78, 5) is 30.4. The molecule has 2 aromatic carbocycles. The van der Waals surface area contributed by atoms with Gasteiger partial charge in [-0.1, -0.05) is 36.0 Å². The SMILES string of the molecule is CN(C)c1ccc(Cn2c(SCC(=O)O)nc3ccccc3c2=O)cc1. The van der Waals surface area contributed by atoms with Gasteiger partial charge < -0.3 is 10.0 Å². The van der Waals surface area contributed by atoms with E-state index < -0.39 is 5.97 Å². The van der Waals surface area contributed by atoms with Gasteiger partial charge in [-0.2, -0.15) is 0 Å². The van der Waals surface area contributed by atoms with Crippen LogP contribution in [0.3, 0.4) is 0 Å². The molecule has 0 unspecified atom stereocenters. The molecule has 0 saturated carbocycles. The average Bonchev–Trinajstić information content (AvgIpc) is 2.63. The zero-order chi connectivity index (χ0) is 18.7. The lowest BCUT2D eigenvalue weighted by atomic mass is 10.2. The van der Waals surface area contributed by atoms with Gasteiger partial charge >= 0.3 is 5.97 Å². The molecular weight excluding hydrogens is 350 g/mol. The highest BCUT2D eigenvalue weighted by Crippen LogP contribution is 2.20. The van der Waals surface area contributed by atoms with E-state index in [1.165, 1.54) is 0 Å². The van der Waals surface area contributed by atoms with Gasteiger partial charge in [0.25, 0.3) is 5.56 Å². The first kappa shape index (κ1) is 18.0. The summed E-state index contributed by atoms with van der Waals surface area (Å²) in [5.41, 5.74) is 2.43. The molecule has 6 nitrogen and oxygen atoms in total. The van der Waals surface area contributed by atoms with Crippen LogP contribution in [0.4, 0.5) is 5.69 Å². The van der Waals surface area contributed by atoms with E-state index >= 15 is 0 Å². The van der Waals surface area contributed by atoms with Gasteiger partial charge in [-0.25, -0.2) is 4.98 Å². The topological polar surface area (TPSA) is 75.4 Å². The molecule has 7 heteroatoms. The molecule has 0 aliphatic rings. The van der Waals surface area contributed by atoms with Crippen molar-refractivity contribution in [2.75, 3.05) is 24.7 Å². The molecule has 0 aliphatic heterocycles. The maximum absolute atomic E-state index is 12.9. The normalized spacial score (nSPS) is 10.8. The quantitative estimate of drug-likeness (QED) is 0.532. The second-order valence-corrected chi connectivity index (χ2v) is 6.99. The third kappa shape index (κ3) is 3.88. The van der Waals surface area contributed by atoms with Crippen LogP contribution in [0.25, 0.3) is 10.9 Å². The van der Waals surface area contributed by atoms with E-state index in [0.29, 0.717) is 22.6 Å². The number of carbonyl (C=O) groups is 1. The summed E-state index contributed by atoms with van der Waals surface area (Å²) in [6, 6.07) is 15.0. The van der Waals surface area contributed by atoms with Crippen LogP contribution in [-0.4, -0.2) is 40.5 Å². The molecule has 0 aliphatic carbocycles. The Labute approximate surface area is 155 Å². The summed E-state index contributed by atoms with van der Waals surface area (Å²) >= 11 is 1.06. The first-order valence-corrected chi connectivity index (χ1v) is 9.04. The Bertz CT molecular complexity index is 997. The number of para-hydroxylation sites is 1. The molecule has 0 fully saturated rings. The minimum atomic E-state index is -0.945. The van der Waals surface area contributed by atoms with Gasteiger partial charge in [0.2, 0.25) is 0 Å². The Morgan fingerprint density at radius 3 is 2.50 bits per heavy atom. The second kappa shape index (κ2) is 7.61. The van der Waals surface area contributed by atoms with Crippen LogP contribution >= 0.6 is 11.8 Å². The van der Waals surface area contributed by atoms with Crippen molar-refractivity contribution < 1.29 is 9.90 Å². The molecule has 0 bridgehead atoms. The summed E-state index contributed by atoms with van der Waals surface area (Å²) in [6.45, 7) is 0.340. The fourth-order valence-corrected chi connectivity index (χ4v) is 3.32. The van der Waals surface area contributed by atoms with Gasteiger partial charge in [0, 0.05) is 19.8 Å². The Morgan fingerprint density at radius 2 is 1.85 bits per heavy atom. The van der Waals surface area contributed by atoms with E-state index in [0.717, 1.165) is 23.0 Å². The molecule has 1 heterocycles. The standard InChI is InChI=1S/C19H19N3O3S/c1-21(2)14-9-7-13(8-10-14)11-22-18(25)15-5-3-4-6-16(15)20-19(22)26-12-17(23)24/h3-10H,11-12H2,1-2H3,(H,23,24). The zero-order valence-electron chi connectivity index (χ0n) is 14.5. The maximum atomic E-state index is 12.9. The highest BCUT2D eigenvalue weighted by atomic mass is 32.2. The summed E-state index contributed by atoms with van der Waals surface area (Å²) in [7, 11) is 3.93. The van der Waals surface area contributed by atoms with E-state index in [4.69, 9.17) is 5.11 Å². The van der Waals surface area contributed by atoms with E-state index in [1.54, 1.807) is 22.8 Å². The molecule has 3 aromatic rings. The number of hydrogen-bond acceptors (Lipinski definition) is 5. The number of benzene rings is 2. The van der Waals surface area contributed by atoms with Gasteiger partial charge in [0.05, 0.1) is 23.2 Å². The number of aliphatic carboxylic acids is 1. The van der Waals surface area contributed by atoms with Crippen molar-refractivity contribution in [3.8, 4) is 0 Å². The summed E-state index contributed by atoms with van der Waals surface area (Å²) in [6.07, 6.45) is 0. The van der Waals surface area contributed by atoms with Crippen molar-refractivity contribution >= 4 is 34.3 Å². The number of fused-ring (bicyclic) bond motifs is 1. The summed E-state index contributed by atoms with van der Waals surface area (Å²) in [5, 5.41) is 9.91. The Kier molecular flexibility index (Phi) is 5.27. The molecule has 0 radical (unpaired) electrons. The highest BCUT2D eigenvalue weighted by molar-refractivity contribution is 7.99. The molecule has 26 heavy (non-hydrogen) atoms. The van der Waals surface area contributed by atoms with Gasteiger partial charge in [-0.05, 0) is 29.8 Å². The van der Waals surface area contributed by atoms with Crippen molar-refractivity contribution in [2.24, 2.45) is 0 Å². The molecule has 0 atom stereocenters. The Balaban J connectivity index is 2.04. The van der Waals surface area contributed by atoms with Gasteiger partial charge in [-0.15, -0.1) is 0 Å². The first-order valence-electron chi connectivity index (χ1n) is 8.06. The number of carboxylic acids is 1. The molecule has 0 spiro atoms. The van der Waals surface area contributed by atoms with Crippen LogP contribution < -0.4 is 10.5 Å². The number of anilines is 1. The van der Waals surface area contributed by atoms with Crippen LogP contribution in [0.15, 0.2) is 58.5 Å². The number of rotatable bonds is 6. The largest absolute Gasteiger partial charge is 0.481 e. The number of nitrogens with zero attached hydrogens (tertiary/aromatic N) is 3. The maximum Gasteiger partial charge on any atom is 0.313 e. The number of hydrogen-bond donors (Lipinski definition) is 1. The third-order valence-corrected chi connectivity index (χ3v) is 4.91. The lowest BCUT2D eigenvalue weighted by molar-refractivity contribution is -0.133. The van der Waals surface area contributed by atoms with Crippen molar-refractivity contribution in [1.29, 1.82) is 0 Å². The van der Waals surface area contributed by atoms with Gasteiger partial charge in [-0.3, -0.25) is 14.2 Å². The third-order valence-electron chi connectivity index (χ3n) is 3.94. The van der Waals surface area contributed by atoms with Gasteiger partial charge in [0.15, 0.2) is 5.16 Å². The van der Waals surface area contributed by atoms with E-state index in [9.17, 15) is 9.59 Å². The summed E-state index contributed by atoms with van der Waals surface area (Å²) in [5.74, 6) is -1.09. The monoisotopic (exact) mass is 369 g/mol. The molecular formula is C19H19N3O3S. The number of carboxylic acid groups (broad SMARTS) is 1. The highest BCUT2D eigenvalue weighted by Gasteiger charge is 2.13. The van der Waals surface area contributed by atoms with Crippen molar-refractivity contribution in [2.45, 2.75) is 11.7 Å². The van der Waals surface area contributed by atoms with Crippen LogP contribution in [0.5, 0.6) is 0 Å². The first-order chi connectivity index (χ1) is 12.5. The molecule has 0 amide bonds. The summed E-state index contributed by atoms with van der Waals surface area (Å²) < 4.78 is 1.54. The van der Waals surface area contributed by atoms with E-state index in [2.05, 4.69) is 4.98 Å². The second-order valence-electron chi connectivity index (χ2n) is 6.05. The minimum absolute atomic E-state index is 0.148. The number of aromatic nitrogens is 2. The molecule has 0 saturated heterocycles. The zero-order valence-corrected chi connectivity index (χ0v) is 15.4. The molecule has 1 aromatic heterocycles. The van der Waals surface area contributed by atoms with Crippen LogP contribution in [0.1, 0.15) is 5.56 Å². The molecule has 134 valence electrons. The molecule has 1 N–H and O–H groups in total. The Hall–Kier alpha value is -2.80. The van der Waals surface area contributed by atoms with Crippen LogP contribution in [0.2, 0.25) is 0 Å². The van der Waals surface area contributed by atoms with E-state index in [-0.39, 0.29) is 11.3 Å². The fraction of sp³-hybridized carbons (Fsp3) is 0.211. The predicted molar refractivity (Wildman–Crippen MR) is 104 cm³/mol. The molecule has 3 rings (SSSR count). The lowest BCUT2D eigenvalue weighted by Gasteiger charge is -2.15. The van der Waals surface area contributed by atoms with Crippen LogP contribution in [0, 0.1) is 0 Å². The minimum Gasteiger partial charge on any atom is -0.481 e. The Morgan fingerprint density at radius 1 is 1.15 bits per heavy atom. The van der Waals surface area contributed by atoms with E-state index in [1.807, 2.05) is 49.3 Å². The average molecular weight is 369 g/mol. The smallest absolute Gasteiger partial charge is 0.313 e. The van der Waals surface area contributed by atoms with Crippen molar-refractivity contribution in [3.63, 3.8) is 0 Å². The van der Waals surface area contributed by atoms with Gasteiger partial charge in [0.1, 0.15) is 0 Å². The van der Waals surface area contributed by atoms with Crippen molar-refractivity contribution in [3.05, 3.63) is 64.4 Å². The predicted octanol–water partition coefficient (Wildman–Crippen LogP) is 2.69.